The highest BCUT2D eigenvalue weighted by atomic mass is 16.2. The molecule has 4 heteroatoms. The number of piperidine rings is 1. The van der Waals surface area contributed by atoms with E-state index >= 15 is 0 Å². The first-order valence-corrected chi connectivity index (χ1v) is 8.39. The van der Waals surface area contributed by atoms with Crippen molar-refractivity contribution in [2.75, 3.05) is 32.7 Å². The Balaban J connectivity index is 1.81. The van der Waals surface area contributed by atoms with E-state index in [1.165, 1.54) is 19.3 Å². The zero-order valence-electron chi connectivity index (χ0n) is 13.2. The molecule has 0 radical (unpaired) electrons. The molecule has 4 nitrogen and oxygen atoms in total. The van der Waals surface area contributed by atoms with Crippen molar-refractivity contribution in [3.05, 3.63) is 0 Å². The highest BCUT2D eigenvalue weighted by Gasteiger charge is 2.30. The third-order valence-electron chi connectivity index (χ3n) is 4.48. The standard InChI is InChI=1S/C16H31N3O/c1-13(2)10-17-11-14-6-5-9-19(12-14)15-7-3-4-8-18-16(15)20/h13-15,17H,3-12H2,1-2H3,(H,18,20). The molecule has 116 valence electrons. The molecular weight excluding hydrogens is 250 g/mol. The highest BCUT2D eigenvalue weighted by molar-refractivity contribution is 5.81. The Morgan fingerprint density at radius 2 is 2.15 bits per heavy atom. The monoisotopic (exact) mass is 281 g/mol. The second kappa shape index (κ2) is 7.99. The molecule has 2 N–H and O–H groups in total. The maximum Gasteiger partial charge on any atom is 0.237 e. The fourth-order valence-corrected chi connectivity index (χ4v) is 3.39. The fourth-order valence-electron chi connectivity index (χ4n) is 3.39. The normalized spacial score (nSPS) is 29.2. The van der Waals surface area contributed by atoms with Gasteiger partial charge in [-0.25, -0.2) is 0 Å². The summed E-state index contributed by atoms with van der Waals surface area (Å²) >= 11 is 0. The first kappa shape index (κ1) is 15.8. The van der Waals surface area contributed by atoms with Crippen molar-refractivity contribution >= 4 is 5.91 Å². The van der Waals surface area contributed by atoms with E-state index in [9.17, 15) is 4.79 Å². The van der Waals surface area contributed by atoms with Gasteiger partial charge in [-0.3, -0.25) is 9.69 Å². The molecule has 2 unspecified atom stereocenters. The summed E-state index contributed by atoms with van der Waals surface area (Å²) in [5.74, 6) is 1.68. The van der Waals surface area contributed by atoms with Crippen LogP contribution in [0.2, 0.25) is 0 Å². The lowest BCUT2D eigenvalue weighted by molar-refractivity contribution is -0.126. The van der Waals surface area contributed by atoms with Crippen molar-refractivity contribution in [3.8, 4) is 0 Å². The minimum absolute atomic E-state index is 0.130. The molecule has 0 aromatic heterocycles. The van der Waals surface area contributed by atoms with Gasteiger partial charge in [0.25, 0.3) is 0 Å². The van der Waals surface area contributed by atoms with Gasteiger partial charge in [0.1, 0.15) is 0 Å². The summed E-state index contributed by atoms with van der Waals surface area (Å²) in [7, 11) is 0. The molecule has 2 heterocycles. The number of nitrogens with zero attached hydrogens (tertiary/aromatic N) is 1. The Hall–Kier alpha value is -0.610. The van der Waals surface area contributed by atoms with Gasteiger partial charge in [-0.1, -0.05) is 13.8 Å². The molecule has 20 heavy (non-hydrogen) atoms. The van der Waals surface area contributed by atoms with E-state index in [1.54, 1.807) is 0 Å². The molecule has 0 saturated carbocycles. The SMILES string of the molecule is CC(C)CNCC1CCCN(C2CCCCNC2=O)C1. The van der Waals surface area contributed by atoms with Crippen LogP contribution in [0, 0.1) is 11.8 Å². The van der Waals surface area contributed by atoms with Crippen LogP contribution < -0.4 is 10.6 Å². The molecular formula is C16H31N3O. The van der Waals surface area contributed by atoms with Crippen LogP contribution in [-0.2, 0) is 4.79 Å². The zero-order chi connectivity index (χ0) is 14.4. The number of nitrogens with one attached hydrogen (secondary N) is 2. The first-order chi connectivity index (χ1) is 9.66. The van der Waals surface area contributed by atoms with Crippen LogP contribution in [0.5, 0.6) is 0 Å². The zero-order valence-corrected chi connectivity index (χ0v) is 13.2. The summed E-state index contributed by atoms with van der Waals surface area (Å²) in [6.07, 6.45) is 5.89. The topological polar surface area (TPSA) is 44.4 Å². The van der Waals surface area contributed by atoms with Crippen molar-refractivity contribution in [3.63, 3.8) is 0 Å². The average molecular weight is 281 g/mol. The van der Waals surface area contributed by atoms with Crippen LogP contribution in [0.25, 0.3) is 0 Å². The van der Waals surface area contributed by atoms with Crippen molar-refractivity contribution in [2.45, 2.75) is 52.0 Å². The van der Waals surface area contributed by atoms with Gasteiger partial charge in [-0.15, -0.1) is 0 Å². The summed E-state index contributed by atoms with van der Waals surface area (Å²) in [4.78, 5) is 14.6. The van der Waals surface area contributed by atoms with E-state index in [4.69, 9.17) is 0 Å². The summed E-state index contributed by atoms with van der Waals surface area (Å²) in [5, 5.41) is 6.64. The second-order valence-corrected chi connectivity index (χ2v) is 6.86. The fraction of sp³-hybridized carbons (Fsp3) is 0.938. The summed E-state index contributed by atoms with van der Waals surface area (Å²) in [6, 6.07) is 0.130. The molecule has 0 bridgehead atoms. The summed E-state index contributed by atoms with van der Waals surface area (Å²) < 4.78 is 0. The van der Waals surface area contributed by atoms with Gasteiger partial charge >= 0.3 is 0 Å². The number of amides is 1. The third-order valence-corrected chi connectivity index (χ3v) is 4.48. The minimum atomic E-state index is 0.130. The number of carbonyl (C=O) groups is 1. The van der Waals surface area contributed by atoms with Crippen molar-refractivity contribution in [2.24, 2.45) is 11.8 Å². The van der Waals surface area contributed by atoms with Gasteiger partial charge in [-0.05, 0) is 63.6 Å². The van der Waals surface area contributed by atoms with Crippen LogP contribution in [-0.4, -0.2) is 49.6 Å². The molecule has 2 rings (SSSR count). The smallest absolute Gasteiger partial charge is 0.237 e. The average Bonchev–Trinajstić information content (AvgIpc) is 2.63. The minimum Gasteiger partial charge on any atom is -0.355 e. The summed E-state index contributed by atoms with van der Waals surface area (Å²) in [6.45, 7) is 9.74. The molecule has 2 atom stereocenters. The summed E-state index contributed by atoms with van der Waals surface area (Å²) in [5.41, 5.74) is 0. The van der Waals surface area contributed by atoms with Gasteiger partial charge in [0.15, 0.2) is 0 Å². The van der Waals surface area contributed by atoms with Gasteiger partial charge in [0.05, 0.1) is 6.04 Å². The maximum atomic E-state index is 12.2. The molecule has 0 aromatic carbocycles. The molecule has 0 spiro atoms. The Kier molecular flexibility index (Phi) is 6.30. The van der Waals surface area contributed by atoms with Crippen molar-refractivity contribution in [1.29, 1.82) is 0 Å². The number of carbonyl (C=O) groups excluding carboxylic acids is 1. The molecule has 0 aliphatic carbocycles. The molecule has 2 saturated heterocycles. The van der Waals surface area contributed by atoms with E-state index in [1.807, 2.05) is 0 Å². The predicted octanol–water partition coefficient (Wildman–Crippen LogP) is 1.61. The van der Waals surface area contributed by atoms with E-state index < -0.39 is 0 Å². The number of rotatable bonds is 5. The largest absolute Gasteiger partial charge is 0.355 e. The number of hydrogen-bond acceptors (Lipinski definition) is 3. The van der Waals surface area contributed by atoms with Gasteiger partial charge in [-0.2, -0.15) is 0 Å². The maximum absolute atomic E-state index is 12.2. The van der Waals surface area contributed by atoms with Crippen LogP contribution in [0.4, 0.5) is 0 Å². The molecule has 2 aliphatic rings. The Bertz CT molecular complexity index is 306. The highest BCUT2D eigenvalue weighted by Crippen LogP contribution is 2.21. The third kappa shape index (κ3) is 4.74. The molecule has 2 aliphatic heterocycles. The molecule has 2 fully saturated rings. The van der Waals surface area contributed by atoms with Crippen LogP contribution >= 0.6 is 0 Å². The lowest BCUT2D eigenvalue weighted by Gasteiger charge is -2.37. The Morgan fingerprint density at radius 1 is 1.30 bits per heavy atom. The lowest BCUT2D eigenvalue weighted by atomic mass is 9.95. The van der Waals surface area contributed by atoms with Crippen molar-refractivity contribution < 1.29 is 4.79 Å². The van der Waals surface area contributed by atoms with Gasteiger partial charge in [0.2, 0.25) is 5.91 Å². The van der Waals surface area contributed by atoms with E-state index in [0.29, 0.717) is 11.8 Å². The predicted molar refractivity (Wildman–Crippen MR) is 82.7 cm³/mol. The van der Waals surface area contributed by atoms with Crippen LogP contribution in [0.3, 0.4) is 0 Å². The van der Waals surface area contributed by atoms with Crippen LogP contribution in [0.15, 0.2) is 0 Å². The molecule has 1 amide bonds. The first-order valence-electron chi connectivity index (χ1n) is 8.39. The van der Waals surface area contributed by atoms with E-state index in [0.717, 1.165) is 45.6 Å². The van der Waals surface area contributed by atoms with Crippen molar-refractivity contribution in [1.82, 2.24) is 15.5 Å². The molecule has 0 aromatic rings. The number of hydrogen-bond donors (Lipinski definition) is 2. The second-order valence-electron chi connectivity index (χ2n) is 6.86. The number of likely N-dealkylation sites (tertiary alicyclic amines) is 1. The Labute approximate surface area is 123 Å². The van der Waals surface area contributed by atoms with E-state index in [2.05, 4.69) is 29.4 Å². The Morgan fingerprint density at radius 3 is 2.95 bits per heavy atom. The van der Waals surface area contributed by atoms with Gasteiger partial charge in [0, 0.05) is 13.1 Å². The van der Waals surface area contributed by atoms with Gasteiger partial charge < -0.3 is 10.6 Å². The quantitative estimate of drug-likeness (QED) is 0.805. The lowest BCUT2D eigenvalue weighted by Crippen LogP contribution is -2.51. The van der Waals surface area contributed by atoms with E-state index in [-0.39, 0.29) is 11.9 Å². The van der Waals surface area contributed by atoms with Crippen LogP contribution in [0.1, 0.15) is 46.0 Å².